The molecular weight excluding hydrogens is 440 g/mol. The van der Waals surface area contributed by atoms with E-state index in [0.717, 1.165) is 36.2 Å². The predicted octanol–water partition coefficient (Wildman–Crippen LogP) is 4.50. The van der Waals surface area contributed by atoms with Crippen molar-refractivity contribution in [1.82, 2.24) is 25.2 Å². The second kappa shape index (κ2) is 9.58. The maximum atomic E-state index is 13.1. The van der Waals surface area contributed by atoms with Crippen LogP contribution in [0, 0.1) is 6.92 Å². The van der Waals surface area contributed by atoms with Crippen molar-refractivity contribution < 1.29 is 9.59 Å². The summed E-state index contributed by atoms with van der Waals surface area (Å²) in [5.41, 5.74) is 4.29. The van der Waals surface area contributed by atoms with Crippen molar-refractivity contribution in [1.29, 1.82) is 0 Å². The summed E-state index contributed by atoms with van der Waals surface area (Å²) in [6.45, 7) is 4.57. The normalized spacial score (nSPS) is 13.0. The van der Waals surface area contributed by atoms with E-state index < -0.39 is 0 Å². The highest BCUT2D eigenvalue weighted by atomic mass is 16.2. The number of nitrogens with zero attached hydrogens (tertiary/aromatic N) is 3. The van der Waals surface area contributed by atoms with Gasteiger partial charge < -0.3 is 16.0 Å². The number of fused-ring (bicyclic) bond motifs is 1. The van der Waals surface area contributed by atoms with Crippen LogP contribution in [0.2, 0.25) is 0 Å². The van der Waals surface area contributed by atoms with Crippen LogP contribution in [0.5, 0.6) is 0 Å². The summed E-state index contributed by atoms with van der Waals surface area (Å²) in [6, 6.07) is 17.4. The molecule has 35 heavy (non-hydrogen) atoms. The maximum Gasteiger partial charge on any atom is 0.268 e. The van der Waals surface area contributed by atoms with Crippen molar-refractivity contribution in [2.45, 2.75) is 39.2 Å². The molecule has 0 aliphatic heterocycles. The second-order valence-electron chi connectivity index (χ2n) is 8.82. The van der Waals surface area contributed by atoms with Gasteiger partial charge in [-0.2, -0.15) is 0 Å². The van der Waals surface area contributed by atoms with Gasteiger partial charge in [0.2, 0.25) is 0 Å². The highest BCUT2D eigenvalue weighted by molar-refractivity contribution is 6.02. The van der Waals surface area contributed by atoms with E-state index in [1.54, 1.807) is 0 Å². The maximum absolute atomic E-state index is 13.1. The fraction of sp³-hybridized carbons (Fsp3) is 0.259. The number of benzene rings is 2. The molecular formula is C27H28N6O2. The topological polar surface area (TPSA) is 101 Å². The summed E-state index contributed by atoms with van der Waals surface area (Å²) in [6.07, 6.45) is 4.40. The van der Waals surface area contributed by atoms with Gasteiger partial charge in [0.05, 0.1) is 5.39 Å². The van der Waals surface area contributed by atoms with Crippen molar-refractivity contribution in [3.05, 3.63) is 77.7 Å². The number of para-hydroxylation sites is 1. The van der Waals surface area contributed by atoms with E-state index in [9.17, 15) is 9.59 Å². The molecule has 1 aliphatic rings. The van der Waals surface area contributed by atoms with Crippen LogP contribution in [-0.4, -0.2) is 38.9 Å². The summed E-state index contributed by atoms with van der Waals surface area (Å²) < 4.78 is 1.85. The zero-order valence-electron chi connectivity index (χ0n) is 19.8. The molecule has 2 aromatic carbocycles. The molecule has 4 aromatic rings. The number of aryl methyl sites for hydroxylation is 1. The van der Waals surface area contributed by atoms with Gasteiger partial charge in [-0.15, -0.1) is 0 Å². The molecule has 0 bridgehead atoms. The van der Waals surface area contributed by atoms with Crippen LogP contribution in [0.1, 0.15) is 52.6 Å². The molecule has 8 heteroatoms. The molecule has 8 nitrogen and oxygen atoms in total. The Morgan fingerprint density at radius 1 is 1.03 bits per heavy atom. The summed E-state index contributed by atoms with van der Waals surface area (Å²) in [7, 11) is 0. The monoisotopic (exact) mass is 468 g/mol. The first kappa shape index (κ1) is 22.6. The molecule has 178 valence electrons. The first-order valence-electron chi connectivity index (χ1n) is 11.9. The Labute approximate surface area is 203 Å². The first-order chi connectivity index (χ1) is 17.0. The van der Waals surface area contributed by atoms with E-state index >= 15 is 0 Å². The van der Waals surface area contributed by atoms with E-state index in [1.807, 2.05) is 73.0 Å². The van der Waals surface area contributed by atoms with Crippen LogP contribution < -0.4 is 16.0 Å². The van der Waals surface area contributed by atoms with Crippen molar-refractivity contribution in [3.63, 3.8) is 0 Å². The minimum absolute atomic E-state index is 0.0755. The van der Waals surface area contributed by atoms with Gasteiger partial charge >= 0.3 is 0 Å². The molecule has 3 N–H and O–H groups in total. The Hall–Kier alpha value is -4.20. The van der Waals surface area contributed by atoms with Crippen LogP contribution in [-0.2, 0) is 0 Å². The lowest BCUT2D eigenvalue weighted by molar-refractivity contribution is 0.0940. The van der Waals surface area contributed by atoms with Gasteiger partial charge in [-0.1, -0.05) is 31.2 Å². The largest absolute Gasteiger partial charge is 0.351 e. The lowest BCUT2D eigenvalue weighted by atomic mass is 10.1. The smallest absolute Gasteiger partial charge is 0.268 e. The lowest BCUT2D eigenvalue weighted by Gasteiger charge is -2.12. The number of anilines is 2. The van der Waals surface area contributed by atoms with E-state index in [0.29, 0.717) is 34.7 Å². The summed E-state index contributed by atoms with van der Waals surface area (Å²) in [5, 5.41) is 10.1. The summed E-state index contributed by atoms with van der Waals surface area (Å²) in [4.78, 5) is 34.6. The number of aromatic nitrogens is 3. The third kappa shape index (κ3) is 4.73. The number of rotatable bonds is 8. The average Bonchev–Trinajstić information content (AvgIpc) is 3.60. The first-order valence-corrected chi connectivity index (χ1v) is 11.9. The van der Waals surface area contributed by atoms with Gasteiger partial charge in [0.15, 0.2) is 5.65 Å². The predicted molar refractivity (Wildman–Crippen MR) is 136 cm³/mol. The van der Waals surface area contributed by atoms with Crippen molar-refractivity contribution in [2.24, 2.45) is 0 Å². The SMILES string of the molecule is CCCNC(=O)c1cc2c(Nc3cc(C(=O)NC4CC4)ccc3C)ncnc2n1-c1ccccc1. The standard InChI is InChI=1S/C27H28N6O2/c1-3-13-28-27(35)23-15-21-24(29-16-30-25(21)33(23)20-7-5-4-6-8-20)32-22-14-18(10-9-17(22)2)26(34)31-19-11-12-19/h4-10,14-16,19H,3,11-13H2,1-2H3,(H,28,35)(H,31,34)(H,29,30,32). The fourth-order valence-corrected chi connectivity index (χ4v) is 3.97. The zero-order chi connectivity index (χ0) is 24.4. The van der Waals surface area contributed by atoms with Crippen LogP contribution in [0.25, 0.3) is 16.7 Å². The quantitative estimate of drug-likeness (QED) is 0.353. The number of hydrogen-bond acceptors (Lipinski definition) is 5. The van der Waals surface area contributed by atoms with Gasteiger partial charge in [-0.3, -0.25) is 14.2 Å². The Bertz CT molecular complexity index is 1390. The lowest BCUT2D eigenvalue weighted by Crippen LogP contribution is -2.26. The van der Waals surface area contributed by atoms with Gasteiger partial charge in [0.25, 0.3) is 11.8 Å². The minimum Gasteiger partial charge on any atom is -0.351 e. The van der Waals surface area contributed by atoms with Crippen molar-refractivity contribution >= 4 is 34.4 Å². The Balaban J connectivity index is 1.56. The third-order valence-electron chi connectivity index (χ3n) is 6.04. The molecule has 0 saturated heterocycles. The highest BCUT2D eigenvalue weighted by Crippen LogP contribution is 2.30. The number of amides is 2. The molecule has 0 spiro atoms. The van der Waals surface area contributed by atoms with Gasteiger partial charge in [-0.25, -0.2) is 9.97 Å². The zero-order valence-corrected chi connectivity index (χ0v) is 19.8. The molecule has 1 fully saturated rings. The van der Waals surface area contributed by atoms with Crippen LogP contribution >= 0.6 is 0 Å². The van der Waals surface area contributed by atoms with Gasteiger partial charge in [0, 0.05) is 29.5 Å². The summed E-state index contributed by atoms with van der Waals surface area (Å²) in [5.74, 6) is 0.320. The van der Waals surface area contributed by atoms with E-state index in [2.05, 4.69) is 25.9 Å². The molecule has 1 aliphatic carbocycles. The molecule has 2 aromatic heterocycles. The summed E-state index contributed by atoms with van der Waals surface area (Å²) >= 11 is 0. The molecule has 0 radical (unpaired) electrons. The third-order valence-corrected chi connectivity index (χ3v) is 6.04. The molecule has 0 unspecified atom stereocenters. The van der Waals surface area contributed by atoms with Crippen molar-refractivity contribution in [2.75, 3.05) is 11.9 Å². The molecule has 5 rings (SSSR count). The van der Waals surface area contributed by atoms with E-state index in [4.69, 9.17) is 0 Å². The molecule has 1 saturated carbocycles. The number of hydrogen-bond donors (Lipinski definition) is 3. The Morgan fingerprint density at radius 3 is 2.57 bits per heavy atom. The Kier molecular flexibility index (Phi) is 6.18. The van der Waals surface area contributed by atoms with E-state index in [1.165, 1.54) is 6.33 Å². The number of carbonyl (C=O) groups is 2. The Morgan fingerprint density at radius 2 is 1.83 bits per heavy atom. The van der Waals surface area contributed by atoms with Gasteiger partial charge in [-0.05, 0) is 62.1 Å². The average molecular weight is 469 g/mol. The fourth-order valence-electron chi connectivity index (χ4n) is 3.97. The van der Waals surface area contributed by atoms with Crippen LogP contribution in [0.3, 0.4) is 0 Å². The number of carbonyl (C=O) groups excluding carboxylic acids is 2. The van der Waals surface area contributed by atoms with Crippen LogP contribution in [0.4, 0.5) is 11.5 Å². The second-order valence-corrected chi connectivity index (χ2v) is 8.82. The van der Waals surface area contributed by atoms with Crippen LogP contribution in [0.15, 0.2) is 60.9 Å². The minimum atomic E-state index is -0.172. The molecule has 2 amide bonds. The molecule has 0 atom stereocenters. The molecule has 2 heterocycles. The van der Waals surface area contributed by atoms with Gasteiger partial charge in [0.1, 0.15) is 17.8 Å². The van der Waals surface area contributed by atoms with E-state index in [-0.39, 0.29) is 17.9 Å². The van der Waals surface area contributed by atoms with Crippen molar-refractivity contribution in [3.8, 4) is 5.69 Å². The number of nitrogens with one attached hydrogen (secondary N) is 3. The highest BCUT2D eigenvalue weighted by Gasteiger charge is 2.24.